The van der Waals surface area contributed by atoms with Crippen molar-refractivity contribution in [2.75, 3.05) is 0 Å². The minimum Gasteiger partial charge on any atom is -0.478 e. The summed E-state index contributed by atoms with van der Waals surface area (Å²) in [6, 6.07) is 5.89. The zero-order valence-electron chi connectivity index (χ0n) is 10.6. The SMILES string of the molecule is CCc1nc2c(C(=O)O)cccc2n1C1CC1C. The van der Waals surface area contributed by atoms with Gasteiger partial charge in [-0.3, -0.25) is 0 Å². The summed E-state index contributed by atoms with van der Waals surface area (Å²) in [6.45, 7) is 4.28. The van der Waals surface area contributed by atoms with Crippen molar-refractivity contribution in [2.45, 2.75) is 32.7 Å². The number of para-hydroxylation sites is 1. The monoisotopic (exact) mass is 244 g/mol. The molecule has 1 fully saturated rings. The molecule has 4 heteroatoms. The maximum atomic E-state index is 11.2. The Morgan fingerprint density at radius 1 is 1.56 bits per heavy atom. The van der Waals surface area contributed by atoms with E-state index in [2.05, 4.69) is 23.4 Å². The fourth-order valence-electron chi connectivity index (χ4n) is 2.62. The van der Waals surface area contributed by atoms with Crippen LogP contribution in [0.4, 0.5) is 0 Å². The van der Waals surface area contributed by atoms with E-state index in [-0.39, 0.29) is 0 Å². The highest BCUT2D eigenvalue weighted by atomic mass is 16.4. The van der Waals surface area contributed by atoms with Crippen LogP contribution in [0, 0.1) is 5.92 Å². The number of aromatic carboxylic acids is 1. The van der Waals surface area contributed by atoms with E-state index in [0.29, 0.717) is 23.0 Å². The number of nitrogens with zero attached hydrogens (tertiary/aromatic N) is 2. The van der Waals surface area contributed by atoms with Crippen LogP contribution in [0.25, 0.3) is 11.0 Å². The first-order chi connectivity index (χ1) is 8.63. The minimum absolute atomic E-state index is 0.300. The zero-order chi connectivity index (χ0) is 12.9. The van der Waals surface area contributed by atoms with Crippen molar-refractivity contribution in [2.24, 2.45) is 5.92 Å². The van der Waals surface area contributed by atoms with E-state index >= 15 is 0 Å². The molecule has 2 aromatic rings. The smallest absolute Gasteiger partial charge is 0.337 e. The van der Waals surface area contributed by atoms with Crippen molar-refractivity contribution in [3.63, 3.8) is 0 Å². The van der Waals surface area contributed by atoms with E-state index in [1.54, 1.807) is 12.1 Å². The van der Waals surface area contributed by atoms with Crippen LogP contribution in [0.15, 0.2) is 18.2 Å². The Morgan fingerprint density at radius 2 is 2.28 bits per heavy atom. The molecule has 0 saturated heterocycles. The van der Waals surface area contributed by atoms with Gasteiger partial charge in [0.1, 0.15) is 11.3 Å². The molecule has 2 atom stereocenters. The van der Waals surface area contributed by atoms with Crippen molar-refractivity contribution in [1.29, 1.82) is 0 Å². The van der Waals surface area contributed by atoms with E-state index in [0.717, 1.165) is 24.2 Å². The number of fused-ring (bicyclic) bond motifs is 1. The highest BCUT2D eigenvalue weighted by molar-refractivity contribution is 6.01. The predicted molar refractivity (Wildman–Crippen MR) is 68.9 cm³/mol. The highest BCUT2D eigenvalue weighted by Gasteiger charge is 2.37. The third kappa shape index (κ3) is 1.52. The van der Waals surface area contributed by atoms with Gasteiger partial charge < -0.3 is 9.67 Å². The Bertz CT molecular complexity index is 630. The fourth-order valence-corrected chi connectivity index (χ4v) is 2.62. The number of aryl methyl sites for hydroxylation is 1. The Balaban J connectivity index is 2.28. The molecule has 1 heterocycles. The zero-order valence-corrected chi connectivity index (χ0v) is 10.6. The van der Waals surface area contributed by atoms with Crippen LogP contribution in [-0.4, -0.2) is 20.6 Å². The minimum atomic E-state index is -0.906. The average molecular weight is 244 g/mol. The maximum Gasteiger partial charge on any atom is 0.337 e. The van der Waals surface area contributed by atoms with Crippen LogP contribution in [0.2, 0.25) is 0 Å². The summed E-state index contributed by atoms with van der Waals surface area (Å²) in [5.41, 5.74) is 1.89. The first kappa shape index (κ1) is 11.3. The molecule has 0 amide bonds. The lowest BCUT2D eigenvalue weighted by atomic mass is 10.2. The first-order valence-electron chi connectivity index (χ1n) is 6.36. The number of rotatable bonds is 3. The molecule has 94 valence electrons. The summed E-state index contributed by atoms with van der Waals surface area (Å²) in [5.74, 6) is 0.756. The molecule has 0 spiro atoms. The number of hydrogen-bond donors (Lipinski definition) is 1. The largest absolute Gasteiger partial charge is 0.478 e. The van der Waals surface area contributed by atoms with Crippen molar-refractivity contribution in [1.82, 2.24) is 9.55 Å². The second kappa shape index (κ2) is 3.83. The van der Waals surface area contributed by atoms with Gasteiger partial charge in [0.25, 0.3) is 0 Å². The van der Waals surface area contributed by atoms with Gasteiger partial charge in [-0.2, -0.15) is 0 Å². The summed E-state index contributed by atoms with van der Waals surface area (Å²) in [5, 5.41) is 9.21. The number of aromatic nitrogens is 2. The average Bonchev–Trinajstić information content (AvgIpc) is 2.94. The molecule has 1 aliphatic rings. The predicted octanol–water partition coefficient (Wildman–Crippen LogP) is 2.88. The van der Waals surface area contributed by atoms with Crippen LogP contribution < -0.4 is 0 Å². The van der Waals surface area contributed by atoms with Crippen molar-refractivity contribution >= 4 is 17.0 Å². The summed E-state index contributed by atoms with van der Waals surface area (Å²) >= 11 is 0. The molecule has 1 N–H and O–H groups in total. The summed E-state index contributed by atoms with van der Waals surface area (Å²) in [6.07, 6.45) is 1.99. The number of carboxylic acid groups (broad SMARTS) is 1. The lowest BCUT2D eigenvalue weighted by Crippen LogP contribution is -2.01. The number of hydrogen-bond acceptors (Lipinski definition) is 2. The normalized spacial score (nSPS) is 22.3. The molecule has 18 heavy (non-hydrogen) atoms. The van der Waals surface area contributed by atoms with Gasteiger partial charge in [-0.1, -0.05) is 19.9 Å². The fraction of sp³-hybridized carbons (Fsp3) is 0.429. The van der Waals surface area contributed by atoms with Crippen LogP contribution in [0.1, 0.15) is 42.5 Å². The molecule has 1 saturated carbocycles. The molecule has 1 aromatic carbocycles. The van der Waals surface area contributed by atoms with Gasteiger partial charge in [-0.15, -0.1) is 0 Å². The van der Waals surface area contributed by atoms with E-state index < -0.39 is 5.97 Å². The Hall–Kier alpha value is -1.84. The van der Waals surface area contributed by atoms with Crippen molar-refractivity contribution in [3.8, 4) is 0 Å². The van der Waals surface area contributed by atoms with E-state index in [1.165, 1.54) is 0 Å². The van der Waals surface area contributed by atoms with E-state index in [9.17, 15) is 9.90 Å². The molecular weight excluding hydrogens is 228 g/mol. The number of benzene rings is 1. The maximum absolute atomic E-state index is 11.2. The second-order valence-electron chi connectivity index (χ2n) is 5.01. The van der Waals surface area contributed by atoms with Gasteiger partial charge in [-0.05, 0) is 24.5 Å². The first-order valence-corrected chi connectivity index (χ1v) is 6.36. The number of carboxylic acids is 1. The molecule has 3 rings (SSSR count). The van der Waals surface area contributed by atoms with Crippen LogP contribution in [0.5, 0.6) is 0 Å². The van der Waals surface area contributed by atoms with Gasteiger partial charge >= 0.3 is 5.97 Å². The molecule has 0 aliphatic heterocycles. The molecule has 0 radical (unpaired) electrons. The highest BCUT2D eigenvalue weighted by Crippen LogP contribution is 2.45. The molecule has 1 aromatic heterocycles. The molecule has 1 aliphatic carbocycles. The Kier molecular flexibility index (Phi) is 2.40. The van der Waals surface area contributed by atoms with E-state index in [4.69, 9.17) is 0 Å². The van der Waals surface area contributed by atoms with Gasteiger partial charge in [0, 0.05) is 12.5 Å². The third-order valence-corrected chi connectivity index (χ3v) is 3.74. The molecular formula is C14H16N2O2. The van der Waals surface area contributed by atoms with Gasteiger partial charge in [0.05, 0.1) is 11.1 Å². The molecule has 0 bridgehead atoms. The topological polar surface area (TPSA) is 55.1 Å². The van der Waals surface area contributed by atoms with Crippen LogP contribution >= 0.6 is 0 Å². The molecule has 4 nitrogen and oxygen atoms in total. The Morgan fingerprint density at radius 3 is 2.83 bits per heavy atom. The third-order valence-electron chi connectivity index (χ3n) is 3.74. The standard InChI is InChI=1S/C14H16N2O2/c1-3-12-15-13-9(14(17)18)5-4-6-10(13)16(12)11-7-8(11)2/h4-6,8,11H,3,7H2,1-2H3,(H,17,18). The quantitative estimate of drug-likeness (QED) is 0.903. The summed E-state index contributed by atoms with van der Waals surface area (Å²) in [7, 11) is 0. The Labute approximate surface area is 105 Å². The lowest BCUT2D eigenvalue weighted by Gasteiger charge is -2.06. The molecule has 2 unspecified atom stereocenters. The van der Waals surface area contributed by atoms with Crippen LogP contribution in [-0.2, 0) is 6.42 Å². The number of carbonyl (C=O) groups is 1. The lowest BCUT2D eigenvalue weighted by molar-refractivity contribution is 0.0699. The van der Waals surface area contributed by atoms with Gasteiger partial charge in [0.15, 0.2) is 0 Å². The summed E-state index contributed by atoms with van der Waals surface area (Å²) in [4.78, 5) is 15.8. The van der Waals surface area contributed by atoms with Gasteiger partial charge in [0.2, 0.25) is 0 Å². The summed E-state index contributed by atoms with van der Waals surface area (Å²) < 4.78 is 2.23. The van der Waals surface area contributed by atoms with Crippen molar-refractivity contribution in [3.05, 3.63) is 29.6 Å². The number of imidazole rings is 1. The second-order valence-corrected chi connectivity index (χ2v) is 5.01. The van der Waals surface area contributed by atoms with Crippen LogP contribution in [0.3, 0.4) is 0 Å². The van der Waals surface area contributed by atoms with Crippen molar-refractivity contribution < 1.29 is 9.90 Å². The van der Waals surface area contributed by atoms with E-state index in [1.807, 2.05) is 6.07 Å². The van der Waals surface area contributed by atoms with Gasteiger partial charge in [-0.25, -0.2) is 9.78 Å².